The highest BCUT2D eigenvalue weighted by Gasteiger charge is 2.30. The van der Waals surface area contributed by atoms with Crippen molar-refractivity contribution in [3.8, 4) is 6.07 Å². The maximum absolute atomic E-state index is 13.0. The van der Waals surface area contributed by atoms with Crippen molar-refractivity contribution in [1.82, 2.24) is 0 Å². The Kier molecular flexibility index (Phi) is 9.26. The van der Waals surface area contributed by atoms with Gasteiger partial charge in [0, 0.05) is 6.08 Å². The zero-order chi connectivity index (χ0) is 20.3. The molecule has 0 aromatic heterocycles. The van der Waals surface area contributed by atoms with Crippen molar-refractivity contribution < 1.29 is 4.39 Å². The first-order valence-corrected chi connectivity index (χ1v) is 12.0. The highest BCUT2D eigenvalue weighted by Crippen LogP contribution is 2.43. The molecule has 0 amide bonds. The molecular formula is C27H38FN. The molecular weight excluding hydrogens is 357 g/mol. The van der Waals surface area contributed by atoms with Crippen molar-refractivity contribution in [2.75, 3.05) is 0 Å². The van der Waals surface area contributed by atoms with E-state index in [1.54, 1.807) is 18.2 Å². The molecule has 0 N–H and O–H groups in total. The summed E-state index contributed by atoms with van der Waals surface area (Å²) in [7, 11) is 0. The maximum Gasteiger partial charge on any atom is 0.123 e. The Labute approximate surface area is 177 Å². The molecule has 0 aliphatic heterocycles. The molecule has 0 radical (unpaired) electrons. The number of nitriles is 1. The second-order valence-corrected chi connectivity index (χ2v) is 9.54. The molecule has 1 aromatic carbocycles. The lowest BCUT2D eigenvalue weighted by Gasteiger charge is -2.38. The average Bonchev–Trinajstić information content (AvgIpc) is 2.76. The first-order valence-electron chi connectivity index (χ1n) is 12.0. The quantitative estimate of drug-likeness (QED) is 0.307. The molecule has 2 aliphatic rings. The van der Waals surface area contributed by atoms with Gasteiger partial charge < -0.3 is 0 Å². The van der Waals surface area contributed by atoms with Crippen LogP contribution in [0.5, 0.6) is 0 Å². The molecule has 0 saturated heterocycles. The summed E-state index contributed by atoms with van der Waals surface area (Å²) in [6.45, 7) is 0. The van der Waals surface area contributed by atoms with Gasteiger partial charge in [-0.15, -0.1) is 0 Å². The second kappa shape index (κ2) is 12.2. The molecule has 2 fully saturated rings. The van der Waals surface area contributed by atoms with Gasteiger partial charge in [-0.1, -0.05) is 56.7 Å². The van der Waals surface area contributed by atoms with Crippen molar-refractivity contribution in [3.63, 3.8) is 0 Å². The predicted octanol–water partition coefficient (Wildman–Crippen LogP) is 8.01. The maximum atomic E-state index is 13.0. The molecule has 1 aromatic rings. The van der Waals surface area contributed by atoms with Crippen LogP contribution >= 0.6 is 0 Å². The molecule has 0 atom stereocenters. The highest BCUT2D eigenvalue weighted by atomic mass is 19.1. The number of nitrogens with zero attached hydrogens (tertiary/aromatic N) is 1. The summed E-state index contributed by atoms with van der Waals surface area (Å²) in [4.78, 5) is 0. The second-order valence-electron chi connectivity index (χ2n) is 9.54. The molecule has 0 heterocycles. The van der Waals surface area contributed by atoms with Crippen molar-refractivity contribution in [2.24, 2.45) is 23.7 Å². The highest BCUT2D eigenvalue weighted by molar-refractivity contribution is 5.15. The van der Waals surface area contributed by atoms with E-state index in [1.165, 1.54) is 82.6 Å². The number of hydrogen-bond acceptors (Lipinski definition) is 1. The van der Waals surface area contributed by atoms with Gasteiger partial charge >= 0.3 is 0 Å². The molecule has 158 valence electrons. The van der Waals surface area contributed by atoms with Gasteiger partial charge in [0.2, 0.25) is 0 Å². The third kappa shape index (κ3) is 7.61. The molecule has 2 heteroatoms. The smallest absolute Gasteiger partial charge is 0.123 e. The van der Waals surface area contributed by atoms with Crippen LogP contribution in [-0.4, -0.2) is 0 Å². The van der Waals surface area contributed by atoms with E-state index in [0.29, 0.717) is 0 Å². The van der Waals surface area contributed by atoms with Crippen LogP contribution < -0.4 is 0 Å². The van der Waals surface area contributed by atoms with Crippen molar-refractivity contribution in [2.45, 2.75) is 89.9 Å². The summed E-state index contributed by atoms with van der Waals surface area (Å²) < 4.78 is 13.0. The Morgan fingerprint density at radius 1 is 0.828 bits per heavy atom. The van der Waals surface area contributed by atoms with Crippen molar-refractivity contribution >= 4 is 0 Å². The largest absolute Gasteiger partial charge is 0.207 e. The van der Waals surface area contributed by atoms with Gasteiger partial charge in [0.25, 0.3) is 0 Å². The minimum atomic E-state index is -0.133. The lowest BCUT2D eigenvalue weighted by atomic mass is 9.68. The fourth-order valence-electron chi connectivity index (χ4n) is 5.78. The van der Waals surface area contributed by atoms with E-state index in [9.17, 15) is 4.39 Å². The van der Waals surface area contributed by atoms with Crippen LogP contribution in [0.4, 0.5) is 4.39 Å². The molecule has 0 spiro atoms. The normalized spacial score (nSPS) is 27.7. The van der Waals surface area contributed by atoms with Crippen LogP contribution in [0.25, 0.3) is 0 Å². The number of unbranched alkanes of at least 4 members (excludes halogenated alkanes) is 1. The standard InChI is InChI=1S/C27H38FN/c28-27-19-13-24(14-20-27)8-4-3-7-23-11-17-26(18-12-23)25-15-9-22(10-16-25)6-2-1-5-21-29/h1,5,13-14,19-20,22-23,25-26H,2-4,6-12,15-18H2/b5-1+/t22?,23-,25?,26-. The minimum absolute atomic E-state index is 0.133. The first-order chi connectivity index (χ1) is 14.2. The van der Waals surface area contributed by atoms with Gasteiger partial charge in [0.05, 0.1) is 6.07 Å². The number of allylic oxidation sites excluding steroid dienone is 2. The Bertz CT molecular complexity index is 640. The van der Waals surface area contributed by atoms with E-state index in [0.717, 1.165) is 36.5 Å². The third-order valence-electron chi connectivity index (χ3n) is 7.62. The van der Waals surface area contributed by atoms with Gasteiger partial charge in [0.15, 0.2) is 0 Å². The van der Waals surface area contributed by atoms with E-state index in [4.69, 9.17) is 5.26 Å². The molecule has 1 nitrogen and oxygen atoms in total. The van der Waals surface area contributed by atoms with Gasteiger partial charge in [-0.2, -0.15) is 5.26 Å². The molecule has 2 aliphatic carbocycles. The average molecular weight is 396 g/mol. The van der Waals surface area contributed by atoms with Crippen LogP contribution in [0.1, 0.15) is 89.0 Å². The predicted molar refractivity (Wildman–Crippen MR) is 119 cm³/mol. The number of hydrogen-bond donors (Lipinski definition) is 0. The summed E-state index contributed by atoms with van der Waals surface area (Å²) in [6, 6.07) is 9.11. The monoisotopic (exact) mass is 395 g/mol. The third-order valence-corrected chi connectivity index (χ3v) is 7.62. The topological polar surface area (TPSA) is 23.8 Å². The van der Waals surface area contributed by atoms with E-state index in [2.05, 4.69) is 6.07 Å². The van der Waals surface area contributed by atoms with Gasteiger partial charge in [-0.05, 0) is 92.7 Å². The molecule has 0 unspecified atom stereocenters. The lowest BCUT2D eigenvalue weighted by molar-refractivity contribution is 0.140. The van der Waals surface area contributed by atoms with Crippen LogP contribution in [0.2, 0.25) is 0 Å². The van der Waals surface area contributed by atoms with Crippen molar-refractivity contribution in [1.29, 1.82) is 5.26 Å². The summed E-state index contributed by atoms with van der Waals surface area (Å²) in [5.41, 5.74) is 1.27. The van der Waals surface area contributed by atoms with Crippen LogP contribution in [0.15, 0.2) is 36.4 Å². The van der Waals surface area contributed by atoms with Gasteiger partial charge in [-0.3, -0.25) is 0 Å². The molecule has 0 bridgehead atoms. The first kappa shape index (κ1) is 22.1. The van der Waals surface area contributed by atoms with E-state index < -0.39 is 0 Å². The number of benzene rings is 1. The summed E-state index contributed by atoms with van der Waals surface area (Å²) in [5.74, 6) is 3.69. The van der Waals surface area contributed by atoms with E-state index in [1.807, 2.05) is 18.2 Å². The number of aryl methyl sites for hydroxylation is 1. The van der Waals surface area contributed by atoms with Crippen LogP contribution in [0, 0.1) is 40.8 Å². The summed E-state index contributed by atoms with van der Waals surface area (Å²) in [5, 5.41) is 8.57. The number of rotatable bonds is 9. The van der Waals surface area contributed by atoms with Crippen molar-refractivity contribution in [3.05, 3.63) is 47.8 Å². The molecule has 29 heavy (non-hydrogen) atoms. The Morgan fingerprint density at radius 3 is 2.00 bits per heavy atom. The number of halogens is 1. The minimum Gasteiger partial charge on any atom is -0.207 e. The fraction of sp³-hybridized carbons (Fsp3) is 0.667. The van der Waals surface area contributed by atoms with E-state index in [-0.39, 0.29) is 5.82 Å². The Morgan fingerprint density at radius 2 is 1.41 bits per heavy atom. The SMILES string of the molecule is N#C/C=C/CCC1CCC([C@H]2CC[C@H](CCCCc3ccc(F)cc3)CC2)CC1. The zero-order valence-corrected chi connectivity index (χ0v) is 18.0. The van der Waals surface area contributed by atoms with Gasteiger partial charge in [0.1, 0.15) is 5.82 Å². The Balaban J connectivity index is 1.25. The lowest BCUT2D eigenvalue weighted by Crippen LogP contribution is -2.25. The fourth-order valence-corrected chi connectivity index (χ4v) is 5.78. The summed E-state index contributed by atoms with van der Waals surface area (Å²) >= 11 is 0. The van der Waals surface area contributed by atoms with E-state index >= 15 is 0 Å². The molecule has 2 saturated carbocycles. The summed E-state index contributed by atoms with van der Waals surface area (Å²) in [6.07, 6.45) is 22.6. The van der Waals surface area contributed by atoms with Gasteiger partial charge in [-0.25, -0.2) is 4.39 Å². The van der Waals surface area contributed by atoms with Crippen LogP contribution in [-0.2, 0) is 6.42 Å². The zero-order valence-electron chi connectivity index (χ0n) is 18.0. The molecule has 3 rings (SSSR count). The Hall–Kier alpha value is -1.62. The van der Waals surface area contributed by atoms with Crippen LogP contribution in [0.3, 0.4) is 0 Å².